The summed E-state index contributed by atoms with van der Waals surface area (Å²) in [4.78, 5) is 1.94. The van der Waals surface area contributed by atoms with Gasteiger partial charge in [-0.2, -0.15) is 10.5 Å². The lowest BCUT2D eigenvalue weighted by Gasteiger charge is -2.23. The first-order chi connectivity index (χ1) is 11.0. The molecule has 4 nitrogen and oxygen atoms in total. The molecule has 1 heterocycles. The van der Waals surface area contributed by atoms with Gasteiger partial charge < -0.3 is 9.64 Å². The molecule has 0 saturated carbocycles. The Hall–Kier alpha value is -3.24. The van der Waals surface area contributed by atoms with Crippen LogP contribution in [-0.2, 0) is 4.74 Å². The van der Waals surface area contributed by atoms with E-state index in [4.69, 9.17) is 15.3 Å². The van der Waals surface area contributed by atoms with Crippen molar-refractivity contribution < 1.29 is 4.74 Å². The largest absolute Gasteiger partial charge is 0.460 e. The van der Waals surface area contributed by atoms with Gasteiger partial charge in [-0.05, 0) is 30.7 Å². The van der Waals surface area contributed by atoms with E-state index in [-0.39, 0.29) is 5.57 Å². The van der Waals surface area contributed by atoms with Gasteiger partial charge in [-0.25, -0.2) is 0 Å². The Morgan fingerprint density at radius 3 is 2.30 bits per heavy atom. The van der Waals surface area contributed by atoms with E-state index in [1.165, 1.54) is 0 Å². The SMILES string of the molecule is CC1=CC(=C(C#N)C#N)C=C(C(=Cc2ccccc2)N(C)C)O1. The van der Waals surface area contributed by atoms with Crippen LogP contribution in [0.2, 0.25) is 0 Å². The lowest BCUT2D eigenvalue weighted by atomic mass is 10.0. The number of allylic oxidation sites excluding steroid dienone is 5. The van der Waals surface area contributed by atoms with Crippen molar-refractivity contribution in [2.75, 3.05) is 14.1 Å². The second-order valence-electron chi connectivity index (χ2n) is 5.25. The molecule has 0 aromatic heterocycles. The van der Waals surface area contributed by atoms with E-state index in [1.54, 1.807) is 19.1 Å². The number of hydrogen-bond donors (Lipinski definition) is 0. The number of likely N-dealkylation sites (N-methyl/N-ethyl adjacent to an activating group) is 1. The predicted octanol–water partition coefficient (Wildman–Crippen LogP) is 3.75. The number of nitriles is 2. The standard InChI is InChI=1S/C19H17N3O/c1-14-9-16(17(12-20)13-21)11-19(23-14)18(22(2)3)10-15-7-5-4-6-8-15/h4-11H,1-3H3. The third-order valence-electron chi connectivity index (χ3n) is 3.27. The molecule has 0 unspecified atom stereocenters. The minimum Gasteiger partial charge on any atom is -0.460 e. The highest BCUT2D eigenvalue weighted by molar-refractivity contribution is 5.60. The maximum Gasteiger partial charge on any atom is 0.150 e. The Morgan fingerprint density at radius 2 is 1.74 bits per heavy atom. The van der Waals surface area contributed by atoms with Crippen molar-refractivity contribution in [3.8, 4) is 12.1 Å². The maximum atomic E-state index is 9.08. The molecule has 4 heteroatoms. The fourth-order valence-corrected chi connectivity index (χ4v) is 2.19. The van der Waals surface area contributed by atoms with Crippen LogP contribution >= 0.6 is 0 Å². The highest BCUT2D eigenvalue weighted by atomic mass is 16.5. The molecule has 2 rings (SSSR count). The smallest absolute Gasteiger partial charge is 0.150 e. The van der Waals surface area contributed by atoms with Crippen molar-refractivity contribution in [2.24, 2.45) is 0 Å². The predicted molar refractivity (Wildman–Crippen MR) is 89.3 cm³/mol. The molecular weight excluding hydrogens is 286 g/mol. The van der Waals surface area contributed by atoms with Gasteiger partial charge in [0.15, 0.2) is 5.76 Å². The summed E-state index contributed by atoms with van der Waals surface area (Å²) in [5.74, 6) is 1.25. The van der Waals surface area contributed by atoms with Crippen molar-refractivity contribution in [2.45, 2.75) is 6.92 Å². The van der Waals surface area contributed by atoms with Crippen LogP contribution in [0.1, 0.15) is 12.5 Å². The molecule has 0 amide bonds. The minimum atomic E-state index is 0.0722. The maximum absolute atomic E-state index is 9.08. The molecule has 0 radical (unpaired) electrons. The van der Waals surface area contributed by atoms with Crippen LogP contribution in [0, 0.1) is 22.7 Å². The molecule has 0 saturated heterocycles. The summed E-state index contributed by atoms with van der Waals surface area (Å²) in [6.45, 7) is 1.80. The number of ether oxygens (including phenoxy) is 1. The second-order valence-corrected chi connectivity index (χ2v) is 5.25. The molecule has 1 aromatic rings. The summed E-state index contributed by atoms with van der Waals surface area (Å²) in [6, 6.07) is 13.7. The quantitative estimate of drug-likeness (QED) is 0.798. The zero-order valence-electron chi connectivity index (χ0n) is 13.4. The molecule has 1 aromatic carbocycles. The highest BCUT2D eigenvalue weighted by Crippen LogP contribution is 2.28. The van der Waals surface area contributed by atoms with Gasteiger partial charge in [-0.15, -0.1) is 0 Å². The zero-order valence-corrected chi connectivity index (χ0v) is 13.4. The first-order valence-corrected chi connectivity index (χ1v) is 7.12. The van der Waals surface area contributed by atoms with E-state index < -0.39 is 0 Å². The normalized spacial score (nSPS) is 14.0. The number of hydrogen-bond acceptors (Lipinski definition) is 4. The van der Waals surface area contributed by atoms with Gasteiger partial charge >= 0.3 is 0 Å². The molecule has 1 aliphatic rings. The molecule has 0 spiro atoms. The topological polar surface area (TPSA) is 60.0 Å². The van der Waals surface area contributed by atoms with Gasteiger partial charge in [-0.1, -0.05) is 30.3 Å². The van der Waals surface area contributed by atoms with Crippen molar-refractivity contribution in [3.63, 3.8) is 0 Å². The average molecular weight is 303 g/mol. The van der Waals surface area contributed by atoms with Crippen LogP contribution < -0.4 is 0 Å². The van der Waals surface area contributed by atoms with Crippen LogP contribution in [0.25, 0.3) is 6.08 Å². The zero-order chi connectivity index (χ0) is 16.8. The third-order valence-corrected chi connectivity index (χ3v) is 3.27. The molecule has 23 heavy (non-hydrogen) atoms. The molecule has 0 atom stereocenters. The minimum absolute atomic E-state index is 0.0722. The first-order valence-electron chi connectivity index (χ1n) is 7.12. The number of nitrogens with zero attached hydrogens (tertiary/aromatic N) is 3. The Morgan fingerprint density at radius 1 is 1.09 bits per heavy atom. The molecule has 1 aliphatic heterocycles. The summed E-state index contributed by atoms with van der Waals surface area (Å²) in [7, 11) is 3.84. The van der Waals surface area contributed by atoms with Crippen LogP contribution in [0.4, 0.5) is 0 Å². The van der Waals surface area contributed by atoms with Gasteiger partial charge in [0, 0.05) is 19.7 Å². The Balaban J connectivity index is 2.53. The van der Waals surface area contributed by atoms with Crippen molar-refractivity contribution in [1.29, 1.82) is 10.5 Å². The van der Waals surface area contributed by atoms with Gasteiger partial charge in [0.25, 0.3) is 0 Å². The van der Waals surface area contributed by atoms with Crippen molar-refractivity contribution >= 4 is 6.08 Å². The van der Waals surface area contributed by atoms with Crippen molar-refractivity contribution in [1.82, 2.24) is 4.90 Å². The highest BCUT2D eigenvalue weighted by Gasteiger charge is 2.17. The monoisotopic (exact) mass is 303 g/mol. The van der Waals surface area contributed by atoms with Gasteiger partial charge in [-0.3, -0.25) is 0 Å². The lowest BCUT2D eigenvalue weighted by molar-refractivity contribution is 0.290. The Bertz CT molecular complexity index is 781. The summed E-state index contributed by atoms with van der Waals surface area (Å²) >= 11 is 0. The summed E-state index contributed by atoms with van der Waals surface area (Å²) in [6.07, 6.45) is 5.42. The Kier molecular flexibility index (Phi) is 5.02. The first kappa shape index (κ1) is 16.1. The van der Waals surface area contributed by atoms with E-state index >= 15 is 0 Å². The summed E-state index contributed by atoms with van der Waals surface area (Å²) < 4.78 is 5.81. The van der Waals surface area contributed by atoms with Crippen LogP contribution in [0.3, 0.4) is 0 Å². The number of benzene rings is 1. The third kappa shape index (κ3) is 3.90. The Labute approximate surface area is 136 Å². The van der Waals surface area contributed by atoms with Crippen molar-refractivity contribution in [3.05, 3.63) is 76.4 Å². The van der Waals surface area contributed by atoms with E-state index in [2.05, 4.69) is 0 Å². The van der Waals surface area contributed by atoms with E-state index in [0.717, 1.165) is 11.3 Å². The second kappa shape index (κ2) is 7.15. The fraction of sp³-hybridized carbons (Fsp3) is 0.158. The van der Waals surface area contributed by atoms with Gasteiger partial charge in [0.1, 0.15) is 23.5 Å². The molecule has 114 valence electrons. The molecule has 0 bridgehead atoms. The lowest BCUT2D eigenvalue weighted by Crippen LogP contribution is -2.16. The summed E-state index contributed by atoms with van der Waals surface area (Å²) in [5, 5.41) is 18.2. The molecule has 0 fully saturated rings. The van der Waals surface area contributed by atoms with Crippen LogP contribution in [-0.4, -0.2) is 19.0 Å². The van der Waals surface area contributed by atoms with Gasteiger partial charge in [0.05, 0.1) is 5.70 Å². The van der Waals surface area contributed by atoms with E-state index in [9.17, 15) is 0 Å². The van der Waals surface area contributed by atoms with Gasteiger partial charge in [0.2, 0.25) is 0 Å². The van der Waals surface area contributed by atoms with Crippen LogP contribution in [0.15, 0.2) is 70.8 Å². The fourth-order valence-electron chi connectivity index (χ4n) is 2.19. The average Bonchev–Trinajstić information content (AvgIpc) is 2.54. The molecular formula is C19H17N3O. The molecule has 0 aliphatic carbocycles. The number of rotatable bonds is 3. The molecule has 0 N–H and O–H groups in total. The van der Waals surface area contributed by atoms with E-state index in [0.29, 0.717) is 17.1 Å². The van der Waals surface area contributed by atoms with E-state index in [1.807, 2.05) is 67.5 Å². The summed E-state index contributed by atoms with van der Waals surface area (Å²) in [5.41, 5.74) is 2.54. The van der Waals surface area contributed by atoms with Crippen LogP contribution in [0.5, 0.6) is 0 Å².